The summed E-state index contributed by atoms with van der Waals surface area (Å²) in [5, 5.41) is 10.9. The van der Waals surface area contributed by atoms with Crippen LogP contribution in [-0.4, -0.2) is 32.4 Å². The average Bonchev–Trinajstić information content (AvgIpc) is 2.40. The molecule has 0 spiro atoms. The number of rotatable bonds is 3. The third-order valence-electron chi connectivity index (χ3n) is 3.10. The fourth-order valence-corrected chi connectivity index (χ4v) is 3.70. The standard InChI is InChI=1S/C12H16NO3S/c14-10-11-5-4-8-13(9-11)17(15,16)12-6-2-1-3-7-12/h1-3,6-7,11H,4-5,8-10H2. The quantitative estimate of drug-likeness (QED) is 0.821. The van der Waals surface area contributed by atoms with Crippen molar-refractivity contribution in [2.24, 2.45) is 5.92 Å². The van der Waals surface area contributed by atoms with Crippen LogP contribution in [0.25, 0.3) is 0 Å². The second kappa shape index (κ2) is 5.16. The van der Waals surface area contributed by atoms with Gasteiger partial charge in [0.05, 0.1) is 11.5 Å². The van der Waals surface area contributed by atoms with Crippen LogP contribution in [0.15, 0.2) is 35.2 Å². The van der Waals surface area contributed by atoms with Crippen molar-refractivity contribution in [1.29, 1.82) is 0 Å². The molecule has 5 heteroatoms. The maximum Gasteiger partial charge on any atom is 0.243 e. The van der Waals surface area contributed by atoms with E-state index in [0.29, 0.717) is 18.0 Å². The van der Waals surface area contributed by atoms with Gasteiger partial charge in [-0.05, 0) is 30.9 Å². The number of sulfonamides is 1. The third-order valence-corrected chi connectivity index (χ3v) is 4.98. The Morgan fingerprint density at radius 1 is 1.24 bits per heavy atom. The molecule has 17 heavy (non-hydrogen) atoms. The molecule has 93 valence electrons. The van der Waals surface area contributed by atoms with E-state index in [1.54, 1.807) is 30.3 Å². The molecule has 2 rings (SSSR count). The molecular formula is C12H16NO3S. The second-order valence-electron chi connectivity index (χ2n) is 4.35. The molecule has 0 amide bonds. The average molecular weight is 254 g/mol. The number of piperidine rings is 1. The van der Waals surface area contributed by atoms with Crippen molar-refractivity contribution in [3.05, 3.63) is 30.3 Å². The Hall–Kier alpha value is -0.910. The maximum absolute atomic E-state index is 12.3. The van der Waals surface area contributed by atoms with E-state index in [1.165, 1.54) is 4.31 Å². The summed E-state index contributed by atoms with van der Waals surface area (Å²) in [4.78, 5) is 0.312. The summed E-state index contributed by atoms with van der Waals surface area (Å²) in [6.07, 6.45) is 1.61. The van der Waals surface area contributed by atoms with Crippen molar-refractivity contribution >= 4 is 10.0 Å². The van der Waals surface area contributed by atoms with Gasteiger partial charge in [0, 0.05) is 13.1 Å². The first kappa shape index (κ1) is 12.5. The minimum atomic E-state index is -3.41. The van der Waals surface area contributed by atoms with Crippen LogP contribution in [0.4, 0.5) is 0 Å². The van der Waals surface area contributed by atoms with E-state index >= 15 is 0 Å². The summed E-state index contributed by atoms with van der Waals surface area (Å²) in [5.74, 6) is -0.0396. The molecule has 1 aromatic carbocycles. The first-order chi connectivity index (χ1) is 8.14. The molecule has 1 atom stereocenters. The molecule has 1 fully saturated rings. The minimum Gasteiger partial charge on any atom is -0.236 e. The van der Waals surface area contributed by atoms with Gasteiger partial charge in [0.1, 0.15) is 0 Å². The highest BCUT2D eigenvalue weighted by atomic mass is 32.2. The van der Waals surface area contributed by atoms with E-state index in [1.807, 2.05) is 0 Å². The zero-order valence-electron chi connectivity index (χ0n) is 9.58. The molecule has 1 aromatic rings. The highest BCUT2D eigenvalue weighted by Crippen LogP contribution is 2.23. The van der Waals surface area contributed by atoms with E-state index in [9.17, 15) is 13.5 Å². The summed E-state index contributed by atoms with van der Waals surface area (Å²) in [6.45, 7) is 0.690. The van der Waals surface area contributed by atoms with Crippen molar-refractivity contribution in [2.45, 2.75) is 17.7 Å². The lowest BCUT2D eigenvalue weighted by atomic mass is 10.0. The van der Waals surface area contributed by atoms with Gasteiger partial charge in [-0.15, -0.1) is 0 Å². The van der Waals surface area contributed by atoms with Gasteiger partial charge in [0.25, 0.3) is 0 Å². The summed E-state index contributed by atoms with van der Waals surface area (Å²) in [7, 11) is -3.41. The molecular weight excluding hydrogens is 238 g/mol. The predicted octanol–water partition coefficient (Wildman–Crippen LogP) is 1.52. The number of hydrogen-bond acceptors (Lipinski definition) is 2. The second-order valence-corrected chi connectivity index (χ2v) is 6.29. The highest BCUT2D eigenvalue weighted by molar-refractivity contribution is 7.89. The van der Waals surface area contributed by atoms with Crippen LogP contribution in [0, 0.1) is 5.92 Å². The molecule has 1 heterocycles. The van der Waals surface area contributed by atoms with Gasteiger partial charge in [-0.25, -0.2) is 13.5 Å². The summed E-state index contributed by atoms with van der Waals surface area (Å²) < 4.78 is 26.0. The van der Waals surface area contributed by atoms with Crippen LogP contribution >= 0.6 is 0 Å². The molecule has 4 nitrogen and oxygen atoms in total. The number of nitrogens with zero attached hydrogens (tertiary/aromatic N) is 1. The smallest absolute Gasteiger partial charge is 0.236 e. The zero-order chi connectivity index (χ0) is 12.3. The molecule has 1 aliphatic rings. The van der Waals surface area contributed by atoms with Crippen molar-refractivity contribution in [3.63, 3.8) is 0 Å². The lowest BCUT2D eigenvalue weighted by molar-refractivity contribution is 0.109. The molecule has 0 aromatic heterocycles. The zero-order valence-corrected chi connectivity index (χ0v) is 10.4. The molecule has 0 aliphatic carbocycles. The Labute approximate surface area is 102 Å². The summed E-state index contributed by atoms with van der Waals surface area (Å²) >= 11 is 0. The fourth-order valence-electron chi connectivity index (χ4n) is 2.12. The molecule has 0 saturated carbocycles. The SMILES string of the molecule is [O]CC1CCCN(S(=O)(=O)c2ccccc2)C1. The number of hydrogen-bond donors (Lipinski definition) is 0. The lowest BCUT2D eigenvalue weighted by Crippen LogP contribution is -2.40. The van der Waals surface area contributed by atoms with Crippen LogP contribution in [0.3, 0.4) is 0 Å². The normalized spacial score (nSPS) is 22.5. The molecule has 1 radical (unpaired) electrons. The largest absolute Gasteiger partial charge is 0.243 e. The molecule has 0 bridgehead atoms. The van der Waals surface area contributed by atoms with Crippen molar-refractivity contribution in [2.75, 3.05) is 19.7 Å². The van der Waals surface area contributed by atoms with E-state index in [-0.39, 0.29) is 12.5 Å². The Morgan fingerprint density at radius 3 is 2.59 bits per heavy atom. The molecule has 1 saturated heterocycles. The van der Waals surface area contributed by atoms with Crippen LogP contribution < -0.4 is 0 Å². The van der Waals surface area contributed by atoms with E-state index in [4.69, 9.17) is 0 Å². The molecule has 1 unspecified atom stereocenters. The van der Waals surface area contributed by atoms with E-state index < -0.39 is 10.0 Å². The molecule has 1 aliphatic heterocycles. The topological polar surface area (TPSA) is 57.3 Å². The van der Waals surface area contributed by atoms with Gasteiger partial charge in [-0.1, -0.05) is 18.2 Å². The van der Waals surface area contributed by atoms with Crippen LogP contribution in [0.5, 0.6) is 0 Å². The Balaban J connectivity index is 2.21. The Morgan fingerprint density at radius 2 is 1.94 bits per heavy atom. The Bertz CT molecular complexity index is 458. The van der Waals surface area contributed by atoms with Gasteiger partial charge < -0.3 is 0 Å². The van der Waals surface area contributed by atoms with Gasteiger partial charge in [0.15, 0.2) is 0 Å². The van der Waals surface area contributed by atoms with E-state index in [2.05, 4.69) is 0 Å². The van der Waals surface area contributed by atoms with Gasteiger partial charge in [0.2, 0.25) is 10.0 Å². The Kier molecular flexibility index (Phi) is 3.81. The fraction of sp³-hybridized carbons (Fsp3) is 0.500. The van der Waals surface area contributed by atoms with Gasteiger partial charge >= 0.3 is 0 Å². The third kappa shape index (κ3) is 2.68. The highest BCUT2D eigenvalue weighted by Gasteiger charge is 2.29. The predicted molar refractivity (Wildman–Crippen MR) is 63.5 cm³/mol. The lowest BCUT2D eigenvalue weighted by Gasteiger charge is -2.30. The van der Waals surface area contributed by atoms with Crippen LogP contribution in [0.1, 0.15) is 12.8 Å². The molecule has 0 N–H and O–H groups in total. The maximum atomic E-state index is 12.3. The van der Waals surface area contributed by atoms with Crippen molar-refractivity contribution < 1.29 is 13.5 Å². The monoisotopic (exact) mass is 254 g/mol. The summed E-state index contributed by atoms with van der Waals surface area (Å²) in [5.41, 5.74) is 0. The van der Waals surface area contributed by atoms with Crippen LogP contribution in [0.2, 0.25) is 0 Å². The van der Waals surface area contributed by atoms with Crippen molar-refractivity contribution in [3.8, 4) is 0 Å². The first-order valence-electron chi connectivity index (χ1n) is 5.78. The van der Waals surface area contributed by atoms with Crippen LogP contribution in [-0.2, 0) is 15.1 Å². The number of benzene rings is 1. The van der Waals surface area contributed by atoms with Gasteiger partial charge in [-0.2, -0.15) is 4.31 Å². The van der Waals surface area contributed by atoms with Crippen molar-refractivity contribution in [1.82, 2.24) is 4.31 Å². The summed E-state index contributed by atoms with van der Waals surface area (Å²) in [6, 6.07) is 8.39. The van der Waals surface area contributed by atoms with E-state index in [0.717, 1.165) is 12.8 Å². The van der Waals surface area contributed by atoms with Gasteiger partial charge in [-0.3, -0.25) is 0 Å². The first-order valence-corrected chi connectivity index (χ1v) is 7.22. The minimum absolute atomic E-state index is 0.0396.